The lowest BCUT2D eigenvalue weighted by molar-refractivity contribution is -0.140. The maximum Gasteiger partial charge on any atom is 0.306 e. The molecular formula is C9H12O3. The summed E-state index contributed by atoms with van der Waals surface area (Å²) in [7, 11) is 0. The number of esters is 1. The third kappa shape index (κ3) is 1.05. The van der Waals surface area contributed by atoms with E-state index in [9.17, 15) is 9.90 Å². The van der Waals surface area contributed by atoms with Crippen molar-refractivity contribution in [2.24, 2.45) is 11.8 Å². The fraction of sp³-hybridized carbons (Fsp3) is 0.667. The number of carbonyl (C=O) groups excluding carboxylic acids is 1. The van der Waals surface area contributed by atoms with Crippen LogP contribution in [0.3, 0.4) is 0 Å². The molecule has 1 fully saturated rings. The third-order valence-corrected chi connectivity index (χ3v) is 2.80. The number of carbonyl (C=O) groups is 1. The third-order valence-electron chi connectivity index (χ3n) is 2.80. The van der Waals surface area contributed by atoms with Gasteiger partial charge in [-0.3, -0.25) is 4.79 Å². The minimum atomic E-state index is -0.416. The fourth-order valence-electron chi connectivity index (χ4n) is 1.91. The van der Waals surface area contributed by atoms with Gasteiger partial charge in [0.25, 0.3) is 0 Å². The van der Waals surface area contributed by atoms with Crippen LogP contribution in [0.2, 0.25) is 0 Å². The van der Waals surface area contributed by atoms with Gasteiger partial charge in [-0.2, -0.15) is 0 Å². The van der Waals surface area contributed by atoms with Crippen molar-refractivity contribution in [2.75, 3.05) is 0 Å². The summed E-state index contributed by atoms with van der Waals surface area (Å²) in [5, 5.41) is 9.46. The molecule has 12 heavy (non-hydrogen) atoms. The molecule has 1 aliphatic heterocycles. The molecule has 1 saturated heterocycles. The van der Waals surface area contributed by atoms with Crippen LogP contribution >= 0.6 is 0 Å². The van der Waals surface area contributed by atoms with Crippen molar-refractivity contribution >= 4 is 5.97 Å². The van der Waals surface area contributed by atoms with Crippen molar-refractivity contribution in [3.63, 3.8) is 0 Å². The Hall–Kier alpha value is -0.830. The van der Waals surface area contributed by atoms with Gasteiger partial charge in [-0.05, 0) is 12.0 Å². The summed E-state index contributed by atoms with van der Waals surface area (Å²) in [5.41, 5.74) is 0. The summed E-state index contributed by atoms with van der Waals surface area (Å²) in [6.45, 7) is 1.95. The van der Waals surface area contributed by atoms with Crippen LogP contribution in [0.5, 0.6) is 0 Å². The Kier molecular flexibility index (Phi) is 1.68. The Morgan fingerprint density at radius 1 is 1.58 bits per heavy atom. The first-order valence-electron chi connectivity index (χ1n) is 4.24. The maximum atomic E-state index is 10.9. The van der Waals surface area contributed by atoms with Crippen LogP contribution in [-0.2, 0) is 9.53 Å². The largest absolute Gasteiger partial charge is 0.458 e. The van der Waals surface area contributed by atoms with Crippen LogP contribution in [0, 0.1) is 11.8 Å². The molecular weight excluding hydrogens is 156 g/mol. The fourth-order valence-corrected chi connectivity index (χ4v) is 1.91. The van der Waals surface area contributed by atoms with Crippen molar-refractivity contribution in [3.8, 4) is 0 Å². The molecule has 0 radical (unpaired) electrons. The molecule has 1 heterocycles. The topological polar surface area (TPSA) is 46.5 Å². The van der Waals surface area contributed by atoms with Gasteiger partial charge in [0.05, 0.1) is 12.5 Å². The molecule has 2 unspecified atom stereocenters. The first-order chi connectivity index (χ1) is 5.68. The van der Waals surface area contributed by atoms with Crippen molar-refractivity contribution in [2.45, 2.75) is 25.6 Å². The first kappa shape index (κ1) is 7.80. The average molecular weight is 168 g/mol. The first-order valence-corrected chi connectivity index (χ1v) is 4.24. The lowest BCUT2D eigenvalue weighted by Gasteiger charge is -2.28. The number of hydrogen-bond donors (Lipinski definition) is 1. The highest BCUT2D eigenvalue weighted by molar-refractivity contribution is 5.72. The Balaban J connectivity index is 2.21. The molecule has 0 saturated carbocycles. The highest BCUT2D eigenvalue weighted by Gasteiger charge is 2.41. The second kappa shape index (κ2) is 2.59. The van der Waals surface area contributed by atoms with E-state index < -0.39 is 6.10 Å². The van der Waals surface area contributed by atoms with Crippen molar-refractivity contribution in [1.82, 2.24) is 0 Å². The smallest absolute Gasteiger partial charge is 0.306 e. The summed E-state index contributed by atoms with van der Waals surface area (Å²) < 4.78 is 5.05. The van der Waals surface area contributed by atoms with E-state index in [0.717, 1.165) is 0 Å². The van der Waals surface area contributed by atoms with Gasteiger partial charge < -0.3 is 9.84 Å². The summed E-state index contributed by atoms with van der Waals surface area (Å²) in [5.74, 6) is 0.166. The van der Waals surface area contributed by atoms with E-state index in [4.69, 9.17) is 4.74 Å². The van der Waals surface area contributed by atoms with Crippen LogP contribution in [0.1, 0.15) is 13.3 Å². The molecule has 0 aromatic heterocycles. The maximum absolute atomic E-state index is 10.9. The number of aliphatic hydroxyl groups is 1. The van der Waals surface area contributed by atoms with E-state index >= 15 is 0 Å². The van der Waals surface area contributed by atoms with Gasteiger partial charge in [-0.1, -0.05) is 13.0 Å². The highest BCUT2D eigenvalue weighted by Crippen LogP contribution is 2.35. The SMILES string of the molecule is C[C@H]1C(O)C=CC2OC(=O)C[C@H]21. The van der Waals surface area contributed by atoms with E-state index in [2.05, 4.69) is 0 Å². The Labute approximate surface area is 71.0 Å². The van der Waals surface area contributed by atoms with E-state index in [0.29, 0.717) is 6.42 Å². The molecule has 0 amide bonds. The zero-order valence-electron chi connectivity index (χ0n) is 6.93. The molecule has 0 aromatic rings. The molecule has 1 N–H and O–H groups in total. The second-order valence-electron chi connectivity index (χ2n) is 3.56. The molecule has 1 aliphatic carbocycles. The number of aliphatic hydroxyl groups excluding tert-OH is 1. The molecule has 3 nitrogen and oxygen atoms in total. The van der Waals surface area contributed by atoms with Gasteiger partial charge >= 0.3 is 5.97 Å². The standard InChI is InChI=1S/C9H12O3/c1-5-6-4-9(11)12-8(6)3-2-7(5)10/h2-3,5-8,10H,4H2,1H3/t5-,6+,7?,8?/m1/s1. The lowest BCUT2D eigenvalue weighted by atomic mass is 9.80. The zero-order chi connectivity index (χ0) is 8.72. The number of hydrogen-bond acceptors (Lipinski definition) is 3. The molecule has 4 atom stereocenters. The summed E-state index contributed by atoms with van der Waals surface area (Å²) in [6, 6.07) is 0. The zero-order valence-corrected chi connectivity index (χ0v) is 6.93. The number of fused-ring (bicyclic) bond motifs is 1. The van der Waals surface area contributed by atoms with Crippen LogP contribution in [0.15, 0.2) is 12.2 Å². The minimum absolute atomic E-state index is 0.0871. The van der Waals surface area contributed by atoms with Crippen LogP contribution in [-0.4, -0.2) is 23.3 Å². The normalized spacial score (nSPS) is 45.7. The van der Waals surface area contributed by atoms with E-state index in [1.807, 2.05) is 6.92 Å². The number of rotatable bonds is 0. The Bertz CT molecular complexity index is 234. The monoisotopic (exact) mass is 168 g/mol. The van der Waals surface area contributed by atoms with Crippen LogP contribution < -0.4 is 0 Å². The molecule has 3 heteroatoms. The van der Waals surface area contributed by atoms with Gasteiger partial charge in [0.15, 0.2) is 0 Å². The molecule has 2 rings (SSSR count). The quantitative estimate of drug-likeness (QED) is 0.423. The van der Waals surface area contributed by atoms with Gasteiger partial charge in [0, 0.05) is 5.92 Å². The van der Waals surface area contributed by atoms with Crippen molar-refractivity contribution in [1.29, 1.82) is 0 Å². The minimum Gasteiger partial charge on any atom is -0.458 e. The summed E-state index contributed by atoms with van der Waals surface area (Å²) in [4.78, 5) is 10.9. The summed E-state index contributed by atoms with van der Waals surface area (Å²) in [6.07, 6.45) is 3.45. The second-order valence-corrected chi connectivity index (χ2v) is 3.56. The van der Waals surface area contributed by atoms with E-state index in [1.54, 1.807) is 12.2 Å². The summed E-state index contributed by atoms with van der Waals surface area (Å²) >= 11 is 0. The van der Waals surface area contributed by atoms with Crippen LogP contribution in [0.4, 0.5) is 0 Å². The molecule has 0 aromatic carbocycles. The van der Waals surface area contributed by atoms with Gasteiger partial charge in [-0.15, -0.1) is 0 Å². The van der Waals surface area contributed by atoms with Crippen LogP contribution in [0.25, 0.3) is 0 Å². The van der Waals surface area contributed by atoms with E-state index in [1.165, 1.54) is 0 Å². The molecule has 0 spiro atoms. The predicted octanol–water partition coefficient (Wildman–Crippen LogP) is 0.485. The Morgan fingerprint density at radius 2 is 2.33 bits per heavy atom. The van der Waals surface area contributed by atoms with Gasteiger partial charge in [0.2, 0.25) is 0 Å². The van der Waals surface area contributed by atoms with Gasteiger partial charge in [-0.25, -0.2) is 0 Å². The highest BCUT2D eigenvalue weighted by atomic mass is 16.5. The van der Waals surface area contributed by atoms with Crippen molar-refractivity contribution in [3.05, 3.63) is 12.2 Å². The van der Waals surface area contributed by atoms with Crippen molar-refractivity contribution < 1.29 is 14.6 Å². The molecule has 0 bridgehead atoms. The molecule has 2 aliphatic rings. The number of ether oxygens (including phenoxy) is 1. The lowest BCUT2D eigenvalue weighted by Crippen LogP contribution is -2.32. The predicted molar refractivity (Wildman–Crippen MR) is 42.3 cm³/mol. The molecule has 66 valence electrons. The Morgan fingerprint density at radius 3 is 3.08 bits per heavy atom. The average Bonchev–Trinajstić information content (AvgIpc) is 2.39. The van der Waals surface area contributed by atoms with Gasteiger partial charge in [0.1, 0.15) is 6.10 Å². The van der Waals surface area contributed by atoms with E-state index in [-0.39, 0.29) is 23.9 Å².